The van der Waals surface area contributed by atoms with Crippen molar-refractivity contribution in [2.75, 3.05) is 6.61 Å². The molecule has 186 valence electrons. The second kappa shape index (κ2) is 8.41. The Morgan fingerprint density at radius 2 is 1.70 bits per heavy atom. The second-order valence-corrected chi connectivity index (χ2v) is 14.2. The molecular formula is C31H50O2. The molecule has 0 radical (unpaired) electrons. The Hall–Kier alpha value is -0.790. The van der Waals surface area contributed by atoms with Crippen LogP contribution in [0.1, 0.15) is 112 Å². The van der Waals surface area contributed by atoms with E-state index in [1.54, 1.807) is 0 Å². The molecule has 5 aliphatic rings. The number of carbonyl (C=O) groups excluding carboxylic acids is 1. The quantitative estimate of drug-likeness (QED) is 0.309. The average Bonchev–Trinajstić information content (AvgIpc) is 3.26. The summed E-state index contributed by atoms with van der Waals surface area (Å²) in [7, 11) is 0. The fraction of sp³-hybridized carbons (Fsp3) is 0.903. The number of cyclic esters (lactones) is 1. The van der Waals surface area contributed by atoms with Gasteiger partial charge in [-0.05, 0) is 116 Å². The van der Waals surface area contributed by atoms with Gasteiger partial charge in [0.15, 0.2) is 0 Å². The monoisotopic (exact) mass is 454 g/mol. The molecule has 4 aliphatic carbocycles. The van der Waals surface area contributed by atoms with Gasteiger partial charge in [-0.25, -0.2) is 0 Å². The van der Waals surface area contributed by atoms with Crippen molar-refractivity contribution in [3.05, 3.63) is 12.2 Å². The molecule has 5 fully saturated rings. The molecule has 1 spiro atoms. The Morgan fingerprint density at radius 3 is 2.39 bits per heavy atom. The zero-order chi connectivity index (χ0) is 23.6. The predicted molar refractivity (Wildman–Crippen MR) is 136 cm³/mol. The first kappa shape index (κ1) is 23.9. The number of carbonyl (C=O) groups is 1. The molecule has 0 aromatic rings. The van der Waals surface area contributed by atoms with Gasteiger partial charge in [0.05, 0.1) is 5.41 Å². The van der Waals surface area contributed by atoms with Crippen LogP contribution in [0.25, 0.3) is 0 Å². The Morgan fingerprint density at radius 1 is 0.939 bits per heavy atom. The van der Waals surface area contributed by atoms with E-state index in [0.29, 0.717) is 23.4 Å². The van der Waals surface area contributed by atoms with Crippen LogP contribution in [0, 0.1) is 57.7 Å². The third-order valence-corrected chi connectivity index (χ3v) is 12.4. The molecule has 33 heavy (non-hydrogen) atoms. The Kier molecular flexibility index (Phi) is 6.10. The highest BCUT2D eigenvalue weighted by Gasteiger charge is 2.63. The minimum Gasteiger partial charge on any atom is -0.460 e. The maximum Gasteiger partial charge on any atom is 0.316 e. The first-order valence-corrected chi connectivity index (χ1v) is 14.5. The average molecular weight is 455 g/mol. The lowest BCUT2D eigenvalue weighted by molar-refractivity contribution is -0.158. The van der Waals surface area contributed by atoms with Crippen LogP contribution < -0.4 is 0 Å². The molecule has 9 atom stereocenters. The zero-order valence-electron chi connectivity index (χ0n) is 22.3. The van der Waals surface area contributed by atoms with Crippen LogP contribution in [0.5, 0.6) is 0 Å². The maximum atomic E-state index is 12.7. The standard InChI is InChI=1S/C31H50O2/c1-20(2)8-7-9-21(3)25-12-13-26-24-11-10-23-18-31(22(4)19-33-28(31)32)17-16-29(23,5)27(24)14-15-30(25,26)6/h20-21,23-27H,4,7-19H2,1-3,5-6H3. The third-order valence-electron chi connectivity index (χ3n) is 12.4. The first-order chi connectivity index (χ1) is 15.6. The summed E-state index contributed by atoms with van der Waals surface area (Å²) < 4.78 is 5.48. The highest BCUT2D eigenvalue weighted by molar-refractivity contribution is 5.83. The van der Waals surface area contributed by atoms with Crippen molar-refractivity contribution in [2.45, 2.75) is 112 Å². The molecular weight excluding hydrogens is 404 g/mol. The van der Waals surface area contributed by atoms with Crippen molar-refractivity contribution >= 4 is 5.97 Å². The second-order valence-electron chi connectivity index (χ2n) is 14.2. The Balaban J connectivity index is 1.30. The van der Waals surface area contributed by atoms with E-state index in [4.69, 9.17) is 4.74 Å². The number of hydrogen-bond donors (Lipinski definition) is 0. The van der Waals surface area contributed by atoms with Gasteiger partial charge in [-0.3, -0.25) is 4.79 Å². The van der Waals surface area contributed by atoms with E-state index in [1.807, 2.05) is 0 Å². The lowest BCUT2D eigenvalue weighted by Gasteiger charge is -2.62. The van der Waals surface area contributed by atoms with E-state index in [1.165, 1.54) is 64.2 Å². The van der Waals surface area contributed by atoms with Gasteiger partial charge < -0.3 is 4.74 Å². The SMILES string of the molecule is C=C1COC(=O)C12CCC1(C)C(CCC3C1CCC1(C)C(C(C)CCCC(C)C)CCC31)C2. The summed E-state index contributed by atoms with van der Waals surface area (Å²) in [6.45, 7) is 17.4. The maximum absolute atomic E-state index is 12.7. The van der Waals surface area contributed by atoms with E-state index in [2.05, 4.69) is 41.2 Å². The van der Waals surface area contributed by atoms with Gasteiger partial charge in [0.2, 0.25) is 0 Å². The lowest BCUT2D eigenvalue weighted by Crippen LogP contribution is -2.55. The fourth-order valence-corrected chi connectivity index (χ4v) is 10.4. The van der Waals surface area contributed by atoms with Gasteiger partial charge >= 0.3 is 5.97 Å². The summed E-state index contributed by atoms with van der Waals surface area (Å²) >= 11 is 0. The molecule has 0 N–H and O–H groups in total. The number of hydrogen-bond acceptors (Lipinski definition) is 2. The van der Waals surface area contributed by atoms with Gasteiger partial charge in [-0.2, -0.15) is 0 Å². The molecule has 0 amide bonds. The Labute approximate surface area is 203 Å². The lowest BCUT2D eigenvalue weighted by atomic mass is 9.42. The van der Waals surface area contributed by atoms with Crippen LogP contribution in [0.2, 0.25) is 0 Å². The molecule has 0 bridgehead atoms. The summed E-state index contributed by atoms with van der Waals surface area (Å²) in [5.41, 5.74) is 1.71. The Bertz CT molecular complexity index is 766. The molecule has 0 aromatic carbocycles. The molecule has 2 nitrogen and oxygen atoms in total. The van der Waals surface area contributed by atoms with E-state index in [9.17, 15) is 4.79 Å². The van der Waals surface area contributed by atoms with Crippen LogP contribution in [0.15, 0.2) is 12.2 Å². The highest BCUT2D eigenvalue weighted by atomic mass is 16.5. The molecule has 1 heterocycles. The summed E-state index contributed by atoms with van der Waals surface area (Å²) in [5, 5.41) is 0. The third kappa shape index (κ3) is 3.58. The molecule has 4 saturated carbocycles. The van der Waals surface area contributed by atoms with Crippen LogP contribution in [-0.4, -0.2) is 12.6 Å². The van der Waals surface area contributed by atoms with Crippen molar-refractivity contribution in [1.29, 1.82) is 0 Å². The summed E-state index contributed by atoms with van der Waals surface area (Å²) in [4.78, 5) is 12.7. The van der Waals surface area contributed by atoms with Gasteiger partial charge in [-0.1, -0.05) is 60.5 Å². The van der Waals surface area contributed by atoms with E-state index >= 15 is 0 Å². The smallest absolute Gasteiger partial charge is 0.316 e. The predicted octanol–water partition coefficient (Wildman–Crippen LogP) is 8.21. The van der Waals surface area contributed by atoms with Crippen LogP contribution in [0.4, 0.5) is 0 Å². The van der Waals surface area contributed by atoms with Crippen LogP contribution in [-0.2, 0) is 9.53 Å². The van der Waals surface area contributed by atoms with Crippen LogP contribution in [0.3, 0.4) is 0 Å². The molecule has 2 heteroatoms. The minimum atomic E-state index is -0.343. The number of esters is 1. The van der Waals surface area contributed by atoms with Crippen molar-refractivity contribution in [3.63, 3.8) is 0 Å². The normalized spacial score (nSPS) is 47.9. The van der Waals surface area contributed by atoms with E-state index in [-0.39, 0.29) is 11.4 Å². The topological polar surface area (TPSA) is 26.3 Å². The first-order valence-electron chi connectivity index (χ1n) is 14.5. The van der Waals surface area contributed by atoms with Crippen molar-refractivity contribution in [2.24, 2.45) is 57.7 Å². The molecule has 1 saturated heterocycles. The zero-order valence-corrected chi connectivity index (χ0v) is 22.3. The number of rotatable bonds is 5. The van der Waals surface area contributed by atoms with Gasteiger partial charge in [0.1, 0.15) is 6.61 Å². The molecule has 9 unspecified atom stereocenters. The van der Waals surface area contributed by atoms with Gasteiger partial charge in [0, 0.05) is 0 Å². The van der Waals surface area contributed by atoms with Gasteiger partial charge in [0.25, 0.3) is 0 Å². The molecule has 0 aromatic heterocycles. The molecule has 5 rings (SSSR count). The summed E-state index contributed by atoms with van der Waals surface area (Å²) in [6.07, 6.45) is 16.0. The van der Waals surface area contributed by atoms with Crippen molar-refractivity contribution in [3.8, 4) is 0 Å². The number of ether oxygens (including phenoxy) is 1. The fourth-order valence-electron chi connectivity index (χ4n) is 10.4. The summed E-state index contributed by atoms with van der Waals surface area (Å²) in [5.74, 6) is 6.10. The van der Waals surface area contributed by atoms with Crippen molar-refractivity contribution in [1.82, 2.24) is 0 Å². The summed E-state index contributed by atoms with van der Waals surface area (Å²) in [6, 6.07) is 0. The number of fused-ring (bicyclic) bond motifs is 5. The van der Waals surface area contributed by atoms with Gasteiger partial charge in [-0.15, -0.1) is 0 Å². The van der Waals surface area contributed by atoms with E-state index < -0.39 is 0 Å². The minimum absolute atomic E-state index is 0.0398. The van der Waals surface area contributed by atoms with Crippen LogP contribution >= 0.6 is 0 Å². The highest BCUT2D eigenvalue weighted by Crippen LogP contribution is 2.70. The van der Waals surface area contributed by atoms with Crippen molar-refractivity contribution < 1.29 is 9.53 Å². The van der Waals surface area contributed by atoms with E-state index in [0.717, 1.165) is 53.9 Å². The molecule has 1 aliphatic heterocycles. The largest absolute Gasteiger partial charge is 0.460 e.